The highest BCUT2D eigenvalue weighted by molar-refractivity contribution is 5.80. The second-order valence-electron chi connectivity index (χ2n) is 6.35. The maximum absolute atomic E-state index is 13.7. The number of urea groups is 1. The smallest absolute Gasteiger partial charge is 0.318 e. The number of likely N-dealkylation sites (tertiary alicyclic amines) is 1. The van der Waals surface area contributed by atoms with Gasteiger partial charge in [0.15, 0.2) is 0 Å². The number of methoxy groups -OCH3 is 1. The summed E-state index contributed by atoms with van der Waals surface area (Å²) in [4.78, 5) is 27.9. The van der Waals surface area contributed by atoms with Crippen molar-refractivity contribution in [1.29, 1.82) is 0 Å². The molecule has 3 amide bonds. The largest absolute Gasteiger partial charge is 0.383 e. The Hall–Kier alpha value is -2.22. The van der Waals surface area contributed by atoms with Gasteiger partial charge in [0, 0.05) is 32.8 Å². The van der Waals surface area contributed by atoms with E-state index in [1.165, 1.54) is 6.07 Å². The van der Waals surface area contributed by atoms with Crippen molar-refractivity contribution < 1.29 is 23.1 Å². The van der Waals surface area contributed by atoms with E-state index in [0.717, 1.165) is 12.1 Å². The summed E-state index contributed by atoms with van der Waals surface area (Å²) in [7, 11) is 1.58. The molecule has 2 saturated heterocycles. The molecule has 0 bridgehead atoms. The van der Waals surface area contributed by atoms with Crippen molar-refractivity contribution in [1.82, 2.24) is 15.1 Å². The molecule has 2 heterocycles. The number of benzene rings is 1. The van der Waals surface area contributed by atoms with Gasteiger partial charge in [-0.15, -0.1) is 0 Å². The summed E-state index contributed by atoms with van der Waals surface area (Å²) in [5, 5.41) is 2.90. The highest BCUT2D eigenvalue weighted by Gasteiger charge is 2.43. The Kier molecular flexibility index (Phi) is 5.17. The van der Waals surface area contributed by atoms with Gasteiger partial charge in [-0.1, -0.05) is 6.07 Å². The summed E-state index contributed by atoms with van der Waals surface area (Å²) < 4.78 is 31.7. The summed E-state index contributed by atoms with van der Waals surface area (Å²) in [6.07, 6.45) is 0.537. The molecular weight excluding hydrogens is 332 g/mol. The highest BCUT2D eigenvalue weighted by atomic mass is 19.1. The van der Waals surface area contributed by atoms with Crippen molar-refractivity contribution >= 4 is 11.9 Å². The first-order valence-electron chi connectivity index (χ1n) is 8.27. The standard InChI is InChI=1S/C17H21F2N3O3/c1-25-7-6-22-15-4-5-21(10-14(15)20-17(22)24)16(23)8-11-2-3-12(18)9-13(11)19/h2-3,9,14-15H,4-8,10H2,1H3,(H,20,24)/t14-,15+/m1/s1. The second kappa shape index (κ2) is 7.35. The summed E-state index contributed by atoms with van der Waals surface area (Å²) in [6.45, 7) is 1.87. The van der Waals surface area contributed by atoms with Crippen LogP contribution in [0.15, 0.2) is 18.2 Å². The summed E-state index contributed by atoms with van der Waals surface area (Å²) in [6, 6.07) is 2.96. The molecule has 0 aliphatic carbocycles. The molecule has 2 aliphatic rings. The minimum Gasteiger partial charge on any atom is -0.383 e. The Bertz CT molecular complexity index is 671. The summed E-state index contributed by atoms with van der Waals surface area (Å²) in [5.41, 5.74) is 0.172. The first-order valence-corrected chi connectivity index (χ1v) is 8.27. The Morgan fingerprint density at radius 1 is 1.40 bits per heavy atom. The van der Waals surface area contributed by atoms with Crippen molar-refractivity contribution in [2.24, 2.45) is 0 Å². The predicted octanol–water partition coefficient (Wildman–Crippen LogP) is 1.15. The molecule has 8 heteroatoms. The number of carbonyl (C=O) groups is 2. The van der Waals surface area contributed by atoms with E-state index >= 15 is 0 Å². The molecule has 2 fully saturated rings. The van der Waals surface area contributed by atoms with Crippen molar-refractivity contribution in [2.75, 3.05) is 33.4 Å². The zero-order chi connectivity index (χ0) is 18.0. The van der Waals surface area contributed by atoms with Gasteiger partial charge < -0.3 is 19.9 Å². The van der Waals surface area contributed by atoms with Crippen LogP contribution in [-0.4, -0.2) is 67.2 Å². The van der Waals surface area contributed by atoms with Crippen LogP contribution in [-0.2, 0) is 16.0 Å². The summed E-state index contributed by atoms with van der Waals surface area (Å²) in [5.74, 6) is -1.61. The minimum absolute atomic E-state index is 0.0363. The number of piperidine rings is 1. The van der Waals surface area contributed by atoms with Crippen LogP contribution in [0.2, 0.25) is 0 Å². The lowest BCUT2D eigenvalue weighted by Crippen LogP contribution is -2.53. The van der Waals surface area contributed by atoms with Gasteiger partial charge in [-0.2, -0.15) is 0 Å². The number of carbonyl (C=O) groups excluding carboxylic acids is 2. The molecule has 0 unspecified atom stereocenters. The van der Waals surface area contributed by atoms with Crippen molar-refractivity contribution in [3.05, 3.63) is 35.4 Å². The zero-order valence-electron chi connectivity index (χ0n) is 14.0. The predicted molar refractivity (Wildman–Crippen MR) is 85.9 cm³/mol. The van der Waals surface area contributed by atoms with Crippen LogP contribution < -0.4 is 5.32 Å². The van der Waals surface area contributed by atoms with Gasteiger partial charge in [-0.05, 0) is 18.1 Å². The fourth-order valence-electron chi connectivity index (χ4n) is 3.47. The molecule has 0 saturated carbocycles. The molecule has 1 aromatic carbocycles. The molecule has 6 nitrogen and oxygen atoms in total. The molecule has 0 radical (unpaired) electrons. The van der Waals surface area contributed by atoms with Crippen LogP contribution in [0.3, 0.4) is 0 Å². The number of nitrogens with zero attached hydrogens (tertiary/aromatic N) is 2. The van der Waals surface area contributed by atoms with Crippen LogP contribution in [0.25, 0.3) is 0 Å². The first-order chi connectivity index (χ1) is 12.0. The van der Waals surface area contributed by atoms with Gasteiger partial charge in [0.05, 0.1) is 25.1 Å². The Morgan fingerprint density at radius 3 is 2.92 bits per heavy atom. The SMILES string of the molecule is COCCN1C(=O)N[C@@H]2CN(C(=O)Cc3ccc(F)cc3F)CC[C@@H]21. The third-order valence-corrected chi connectivity index (χ3v) is 4.79. The van der Waals surface area contributed by atoms with Crippen molar-refractivity contribution in [3.63, 3.8) is 0 Å². The van der Waals surface area contributed by atoms with E-state index in [9.17, 15) is 18.4 Å². The molecule has 1 N–H and O–H groups in total. The van der Waals surface area contributed by atoms with E-state index in [0.29, 0.717) is 32.7 Å². The second-order valence-corrected chi connectivity index (χ2v) is 6.35. The first kappa shape index (κ1) is 17.6. The lowest BCUT2D eigenvalue weighted by Gasteiger charge is -2.36. The van der Waals surface area contributed by atoms with E-state index in [1.807, 2.05) is 0 Å². The average molecular weight is 353 g/mol. The van der Waals surface area contributed by atoms with E-state index in [-0.39, 0.29) is 36.0 Å². The maximum Gasteiger partial charge on any atom is 0.318 e. The molecule has 3 rings (SSSR count). The van der Waals surface area contributed by atoms with Gasteiger partial charge >= 0.3 is 6.03 Å². The number of fused-ring (bicyclic) bond motifs is 1. The molecule has 2 aliphatic heterocycles. The molecule has 0 aromatic heterocycles. The van der Waals surface area contributed by atoms with E-state index in [4.69, 9.17) is 4.74 Å². The van der Waals surface area contributed by atoms with Crippen LogP contribution in [0, 0.1) is 11.6 Å². The number of amides is 3. The number of nitrogens with one attached hydrogen (secondary N) is 1. The van der Waals surface area contributed by atoms with Crippen LogP contribution >= 0.6 is 0 Å². The van der Waals surface area contributed by atoms with E-state index in [1.54, 1.807) is 16.9 Å². The third kappa shape index (κ3) is 3.73. The molecule has 0 spiro atoms. The van der Waals surface area contributed by atoms with Crippen molar-refractivity contribution in [2.45, 2.75) is 24.9 Å². The average Bonchev–Trinajstić information content (AvgIpc) is 2.89. The van der Waals surface area contributed by atoms with Gasteiger partial charge in [0.1, 0.15) is 11.6 Å². The number of halogens is 2. The topological polar surface area (TPSA) is 61.9 Å². The molecular formula is C17H21F2N3O3. The van der Waals surface area contributed by atoms with Gasteiger partial charge in [-0.3, -0.25) is 4.79 Å². The number of hydrogen-bond donors (Lipinski definition) is 1. The zero-order valence-corrected chi connectivity index (χ0v) is 14.0. The molecule has 25 heavy (non-hydrogen) atoms. The monoisotopic (exact) mass is 353 g/mol. The van der Waals surface area contributed by atoms with Crippen LogP contribution in [0.5, 0.6) is 0 Å². The van der Waals surface area contributed by atoms with Gasteiger partial charge in [-0.25, -0.2) is 13.6 Å². The van der Waals surface area contributed by atoms with Crippen LogP contribution in [0.1, 0.15) is 12.0 Å². The number of ether oxygens (including phenoxy) is 1. The lowest BCUT2D eigenvalue weighted by atomic mass is 9.99. The normalized spacial score (nSPS) is 22.8. The fraction of sp³-hybridized carbons (Fsp3) is 0.529. The third-order valence-electron chi connectivity index (χ3n) is 4.79. The Morgan fingerprint density at radius 2 is 2.20 bits per heavy atom. The van der Waals surface area contributed by atoms with E-state index < -0.39 is 11.6 Å². The molecule has 136 valence electrons. The number of hydrogen-bond acceptors (Lipinski definition) is 3. The quantitative estimate of drug-likeness (QED) is 0.864. The minimum atomic E-state index is -0.719. The maximum atomic E-state index is 13.7. The van der Waals surface area contributed by atoms with E-state index in [2.05, 4.69) is 5.32 Å². The van der Waals surface area contributed by atoms with Crippen molar-refractivity contribution in [3.8, 4) is 0 Å². The van der Waals surface area contributed by atoms with Gasteiger partial charge in [0.2, 0.25) is 5.91 Å². The number of rotatable bonds is 5. The van der Waals surface area contributed by atoms with Gasteiger partial charge in [0.25, 0.3) is 0 Å². The van der Waals surface area contributed by atoms with Crippen LogP contribution in [0.4, 0.5) is 13.6 Å². The Balaban J connectivity index is 1.61. The highest BCUT2D eigenvalue weighted by Crippen LogP contribution is 2.23. The summed E-state index contributed by atoms with van der Waals surface area (Å²) >= 11 is 0. The molecule has 2 atom stereocenters. The molecule has 1 aromatic rings. The Labute approximate surface area is 144 Å². The lowest BCUT2D eigenvalue weighted by molar-refractivity contribution is -0.132. The fourth-order valence-corrected chi connectivity index (χ4v) is 3.47.